The molecule has 80 valence electrons. The molecule has 5 nitrogen and oxygen atoms in total. The van der Waals surface area contributed by atoms with Gasteiger partial charge in [-0.25, -0.2) is 4.79 Å². The molecule has 0 fully saturated rings. The van der Waals surface area contributed by atoms with Crippen molar-refractivity contribution in [3.8, 4) is 0 Å². The summed E-state index contributed by atoms with van der Waals surface area (Å²) in [7, 11) is 0. The topological polar surface area (TPSA) is 95.4 Å². The zero-order valence-corrected chi connectivity index (χ0v) is 8.45. The molecule has 1 aromatic carbocycles. The molecule has 0 heterocycles. The maximum atomic E-state index is 11.4. The lowest BCUT2D eigenvalue weighted by Crippen LogP contribution is -2.21. The number of halogens is 1. The van der Waals surface area contributed by atoms with Crippen molar-refractivity contribution in [2.45, 2.75) is 0 Å². The molecule has 0 saturated carbocycles. The number of primary amides is 1. The number of amides is 1. The van der Waals surface area contributed by atoms with E-state index in [1.165, 1.54) is 12.1 Å². The van der Waals surface area contributed by atoms with E-state index in [-0.39, 0.29) is 11.3 Å². The molecule has 0 aromatic heterocycles. The van der Waals surface area contributed by atoms with Gasteiger partial charge in [-0.2, -0.15) is 0 Å². The summed E-state index contributed by atoms with van der Waals surface area (Å²) < 4.78 is 4.57. The summed E-state index contributed by atoms with van der Waals surface area (Å²) in [5.74, 6) is -1.46. The zero-order valence-electron chi connectivity index (χ0n) is 7.70. The SMILES string of the molecule is NC(=O)COC(=O)c1cc(Cl)ccc1N. The molecule has 1 amide bonds. The van der Waals surface area contributed by atoms with Gasteiger partial charge in [-0.15, -0.1) is 0 Å². The van der Waals surface area contributed by atoms with E-state index in [1.54, 1.807) is 6.07 Å². The van der Waals surface area contributed by atoms with E-state index >= 15 is 0 Å². The Kier molecular flexibility index (Phi) is 3.51. The van der Waals surface area contributed by atoms with Gasteiger partial charge in [0, 0.05) is 10.7 Å². The van der Waals surface area contributed by atoms with E-state index < -0.39 is 18.5 Å². The summed E-state index contributed by atoms with van der Waals surface area (Å²) in [5.41, 5.74) is 10.7. The number of esters is 1. The van der Waals surface area contributed by atoms with Crippen LogP contribution >= 0.6 is 11.6 Å². The van der Waals surface area contributed by atoms with E-state index in [0.29, 0.717) is 5.02 Å². The largest absolute Gasteiger partial charge is 0.452 e. The van der Waals surface area contributed by atoms with Gasteiger partial charge in [-0.05, 0) is 18.2 Å². The second kappa shape index (κ2) is 4.65. The maximum Gasteiger partial charge on any atom is 0.340 e. The Morgan fingerprint density at radius 1 is 1.40 bits per heavy atom. The number of anilines is 1. The van der Waals surface area contributed by atoms with E-state index in [9.17, 15) is 9.59 Å². The highest BCUT2D eigenvalue weighted by atomic mass is 35.5. The van der Waals surface area contributed by atoms with Gasteiger partial charge in [-0.1, -0.05) is 11.6 Å². The molecule has 0 radical (unpaired) electrons. The Hall–Kier alpha value is -1.75. The zero-order chi connectivity index (χ0) is 11.4. The van der Waals surface area contributed by atoms with Crippen molar-refractivity contribution in [2.75, 3.05) is 12.3 Å². The number of carbonyl (C=O) groups excluding carboxylic acids is 2. The molecule has 4 N–H and O–H groups in total. The number of hydrogen-bond donors (Lipinski definition) is 2. The monoisotopic (exact) mass is 228 g/mol. The van der Waals surface area contributed by atoms with E-state index in [2.05, 4.69) is 4.74 Å². The normalized spacial score (nSPS) is 9.67. The minimum Gasteiger partial charge on any atom is -0.452 e. The molecule has 0 aliphatic rings. The Bertz CT molecular complexity index is 406. The Labute approximate surface area is 90.9 Å². The molecule has 1 aromatic rings. The first-order chi connectivity index (χ1) is 7.00. The third-order valence-corrected chi connectivity index (χ3v) is 1.82. The van der Waals surface area contributed by atoms with Crippen LogP contribution in [0.1, 0.15) is 10.4 Å². The second-order valence-electron chi connectivity index (χ2n) is 2.77. The quantitative estimate of drug-likeness (QED) is 0.584. The van der Waals surface area contributed by atoms with Gasteiger partial charge in [0.2, 0.25) is 0 Å². The van der Waals surface area contributed by atoms with Crippen LogP contribution < -0.4 is 11.5 Å². The van der Waals surface area contributed by atoms with Crippen molar-refractivity contribution in [1.29, 1.82) is 0 Å². The van der Waals surface area contributed by atoms with Crippen molar-refractivity contribution in [3.05, 3.63) is 28.8 Å². The fourth-order valence-corrected chi connectivity index (χ4v) is 1.09. The Morgan fingerprint density at radius 3 is 2.67 bits per heavy atom. The van der Waals surface area contributed by atoms with Crippen LogP contribution in [0.3, 0.4) is 0 Å². The molecule has 1 rings (SSSR count). The van der Waals surface area contributed by atoms with Crippen LogP contribution in [0.25, 0.3) is 0 Å². The fraction of sp³-hybridized carbons (Fsp3) is 0.111. The van der Waals surface area contributed by atoms with Crippen LogP contribution in [0.2, 0.25) is 5.02 Å². The second-order valence-corrected chi connectivity index (χ2v) is 3.21. The van der Waals surface area contributed by atoms with Crippen LogP contribution in [0.15, 0.2) is 18.2 Å². The first kappa shape index (κ1) is 11.3. The van der Waals surface area contributed by atoms with Crippen molar-refractivity contribution < 1.29 is 14.3 Å². The van der Waals surface area contributed by atoms with Gasteiger partial charge in [0.05, 0.1) is 5.56 Å². The molecule has 0 spiro atoms. The number of carbonyl (C=O) groups is 2. The van der Waals surface area contributed by atoms with Gasteiger partial charge < -0.3 is 16.2 Å². The summed E-state index contributed by atoms with van der Waals surface area (Å²) in [4.78, 5) is 21.7. The molecular formula is C9H9ClN2O3. The highest BCUT2D eigenvalue weighted by Crippen LogP contribution is 2.18. The highest BCUT2D eigenvalue weighted by Gasteiger charge is 2.12. The summed E-state index contributed by atoms with van der Waals surface area (Å²) in [6.07, 6.45) is 0. The van der Waals surface area contributed by atoms with Gasteiger partial charge in [-0.3, -0.25) is 4.79 Å². The molecule has 0 saturated heterocycles. The Balaban J connectivity index is 2.81. The van der Waals surface area contributed by atoms with Crippen LogP contribution in [-0.2, 0) is 9.53 Å². The molecule has 15 heavy (non-hydrogen) atoms. The molecule has 0 aliphatic carbocycles. The molecule has 0 bridgehead atoms. The van der Waals surface area contributed by atoms with Crippen LogP contribution in [0, 0.1) is 0 Å². The number of nitrogen functional groups attached to an aromatic ring is 1. The maximum absolute atomic E-state index is 11.4. The number of nitrogens with two attached hydrogens (primary N) is 2. The molecule has 0 aliphatic heterocycles. The van der Waals surface area contributed by atoms with Crippen molar-refractivity contribution >= 4 is 29.2 Å². The predicted molar refractivity (Wildman–Crippen MR) is 55.3 cm³/mol. The van der Waals surface area contributed by atoms with Crippen LogP contribution in [0.5, 0.6) is 0 Å². The molecule has 0 unspecified atom stereocenters. The summed E-state index contributed by atoms with van der Waals surface area (Å²) in [5, 5.41) is 0.357. The number of benzene rings is 1. The Morgan fingerprint density at radius 2 is 2.07 bits per heavy atom. The third-order valence-electron chi connectivity index (χ3n) is 1.58. The smallest absolute Gasteiger partial charge is 0.340 e. The lowest BCUT2D eigenvalue weighted by molar-refractivity contribution is -0.121. The van der Waals surface area contributed by atoms with Gasteiger partial charge in [0.15, 0.2) is 6.61 Å². The fourth-order valence-electron chi connectivity index (χ4n) is 0.920. The van der Waals surface area contributed by atoms with Gasteiger partial charge in [0.25, 0.3) is 5.91 Å². The lowest BCUT2D eigenvalue weighted by Gasteiger charge is -2.05. The summed E-state index contributed by atoms with van der Waals surface area (Å²) in [6, 6.07) is 4.38. The van der Waals surface area contributed by atoms with Crippen molar-refractivity contribution in [1.82, 2.24) is 0 Å². The number of hydrogen-bond acceptors (Lipinski definition) is 4. The minimum absolute atomic E-state index is 0.115. The minimum atomic E-state index is -0.732. The van der Waals surface area contributed by atoms with Crippen molar-refractivity contribution in [3.63, 3.8) is 0 Å². The third kappa shape index (κ3) is 3.14. The number of rotatable bonds is 3. The van der Waals surface area contributed by atoms with Crippen molar-refractivity contribution in [2.24, 2.45) is 5.73 Å². The van der Waals surface area contributed by atoms with Crippen LogP contribution in [-0.4, -0.2) is 18.5 Å². The molecular weight excluding hydrogens is 220 g/mol. The summed E-state index contributed by atoms with van der Waals surface area (Å²) in [6.45, 7) is -0.481. The van der Waals surface area contributed by atoms with E-state index in [1.807, 2.05) is 0 Å². The average Bonchev–Trinajstić information content (AvgIpc) is 2.18. The number of ether oxygens (including phenoxy) is 1. The summed E-state index contributed by atoms with van der Waals surface area (Å²) >= 11 is 5.67. The van der Waals surface area contributed by atoms with Gasteiger partial charge >= 0.3 is 5.97 Å². The average molecular weight is 229 g/mol. The van der Waals surface area contributed by atoms with Crippen LogP contribution in [0.4, 0.5) is 5.69 Å². The first-order valence-corrected chi connectivity index (χ1v) is 4.39. The molecule has 6 heteroatoms. The van der Waals surface area contributed by atoms with Gasteiger partial charge in [0.1, 0.15) is 0 Å². The predicted octanol–water partition coefficient (Wildman–Crippen LogP) is 0.564. The highest BCUT2D eigenvalue weighted by molar-refractivity contribution is 6.31. The first-order valence-electron chi connectivity index (χ1n) is 4.01. The lowest BCUT2D eigenvalue weighted by atomic mass is 10.2. The van der Waals surface area contributed by atoms with E-state index in [4.69, 9.17) is 23.1 Å². The van der Waals surface area contributed by atoms with E-state index in [0.717, 1.165) is 0 Å². The standard InChI is InChI=1S/C9H9ClN2O3/c10-5-1-2-7(11)6(3-5)9(14)15-4-8(12)13/h1-3H,4,11H2,(H2,12,13). The molecule has 0 atom stereocenters.